The lowest BCUT2D eigenvalue weighted by atomic mass is 9.76. The fraction of sp³-hybridized carbons (Fsp3) is 0.400. The van der Waals surface area contributed by atoms with Crippen molar-refractivity contribution >= 4 is 67.0 Å². The van der Waals surface area contributed by atoms with Crippen LogP contribution in [0.25, 0.3) is 43.1 Å². The van der Waals surface area contributed by atoms with Crippen LogP contribution in [0.3, 0.4) is 0 Å². The van der Waals surface area contributed by atoms with Crippen LogP contribution in [0.4, 0.5) is 149 Å². The second-order valence-corrected chi connectivity index (χ2v) is 16.9. The molecule has 0 N–H and O–H groups in total. The first kappa shape index (κ1) is 60.9. The van der Waals surface area contributed by atoms with E-state index in [9.17, 15) is 116 Å². The molecule has 0 spiro atoms. The molecule has 0 atom stereocenters. The average Bonchev–Trinajstić information content (AvgIpc) is 3.29. The van der Waals surface area contributed by atoms with Crippen molar-refractivity contribution in [1.82, 2.24) is 0 Å². The van der Waals surface area contributed by atoms with Crippen molar-refractivity contribution in [3.63, 3.8) is 0 Å². The van der Waals surface area contributed by atoms with Gasteiger partial charge in [0, 0.05) is 38.1 Å². The molecule has 2 heterocycles. The van der Waals surface area contributed by atoms with Gasteiger partial charge in [0.05, 0.1) is 22.3 Å². The second-order valence-electron chi connectivity index (χ2n) is 16.9. The molecule has 0 saturated heterocycles. The zero-order chi connectivity index (χ0) is 62.0. The number of halogens is 34. The number of fused-ring (bicyclic) bond motifs is 2. The van der Waals surface area contributed by atoms with E-state index in [0.29, 0.717) is 0 Å². The standard InChI is InChI=1S/C40H6F34O6/c41-25(42,27(45,46)29(49,50)31(53,54)33(57,58)35(61,62)37(65,66)39(69,70)71)13-5-11-17-12(24(78)80-23(11)77)6-14(19-8-2-4-10-16-9(21(75)79-22(10)76)3-1-7(15(8)16)18(13)20(17)19)26(43,44)28(47,48)30(51,52)32(55,56)34(59,60)36(63,64)38(67,68)40(72,73)74/h1-6H. The Morgan fingerprint density at radius 2 is 0.463 bits per heavy atom. The molecule has 80 heavy (non-hydrogen) atoms. The van der Waals surface area contributed by atoms with Crippen molar-refractivity contribution in [3.05, 3.63) is 69.8 Å². The molecule has 0 bridgehead atoms. The lowest BCUT2D eigenvalue weighted by Gasteiger charge is -2.43. The Bertz CT molecular complexity index is 3310. The molecule has 0 aliphatic carbocycles. The van der Waals surface area contributed by atoms with Crippen LogP contribution in [-0.2, 0) is 21.3 Å². The molecule has 2 aliphatic rings. The molecule has 5 aromatic carbocycles. The molecule has 0 amide bonds. The van der Waals surface area contributed by atoms with E-state index in [1.165, 1.54) is 0 Å². The Hall–Kier alpha value is -6.70. The Labute approximate surface area is 410 Å². The highest BCUT2D eigenvalue weighted by Gasteiger charge is 2.97. The van der Waals surface area contributed by atoms with Crippen LogP contribution in [0, 0.1) is 0 Å². The lowest BCUT2D eigenvalue weighted by Crippen LogP contribution is -2.74. The summed E-state index contributed by atoms with van der Waals surface area (Å²) in [5.74, 6) is -136. The second kappa shape index (κ2) is 16.1. The Kier molecular flexibility index (Phi) is 12.2. The smallest absolute Gasteiger partial charge is 0.386 e. The fourth-order valence-corrected chi connectivity index (χ4v) is 8.32. The van der Waals surface area contributed by atoms with Gasteiger partial charge in [0.1, 0.15) is 0 Å². The summed E-state index contributed by atoms with van der Waals surface area (Å²) >= 11 is 0. The lowest BCUT2D eigenvalue weighted by molar-refractivity contribution is -0.462. The van der Waals surface area contributed by atoms with E-state index >= 15 is 52.7 Å². The maximum absolute atomic E-state index is 16.8. The van der Waals surface area contributed by atoms with Crippen molar-refractivity contribution in [2.45, 2.75) is 95.3 Å². The van der Waals surface area contributed by atoms with Crippen LogP contribution >= 0.6 is 0 Å². The Morgan fingerprint density at radius 3 is 0.725 bits per heavy atom. The number of alkyl halides is 34. The van der Waals surface area contributed by atoms with E-state index in [4.69, 9.17) is 0 Å². The Balaban J connectivity index is 1.68. The van der Waals surface area contributed by atoms with E-state index in [0.717, 1.165) is 0 Å². The molecule has 2 aliphatic heterocycles. The van der Waals surface area contributed by atoms with Crippen LogP contribution < -0.4 is 0 Å². The van der Waals surface area contributed by atoms with Crippen molar-refractivity contribution in [3.8, 4) is 0 Å². The molecule has 0 aromatic heterocycles. The number of esters is 4. The molecule has 0 radical (unpaired) electrons. The molecule has 5 aromatic rings. The molecule has 0 saturated carbocycles. The van der Waals surface area contributed by atoms with Gasteiger partial charge in [0.2, 0.25) is 0 Å². The molecule has 7 rings (SSSR count). The van der Waals surface area contributed by atoms with E-state index in [-0.39, 0.29) is 24.3 Å². The Morgan fingerprint density at radius 1 is 0.237 bits per heavy atom. The minimum Gasteiger partial charge on any atom is -0.386 e. The van der Waals surface area contributed by atoms with Crippen LogP contribution in [0.2, 0.25) is 0 Å². The summed E-state index contributed by atoms with van der Waals surface area (Å²) in [4.78, 5) is 51.7. The van der Waals surface area contributed by atoms with Gasteiger partial charge in [-0.25, -0.2) is 19.2 Å². The van der Waals surface area contributed by atoms with Crippen molar-refractivity contribution < 1.29 is 178 Å². The van der Waals surface area contributed by atoms with Gasteiger partial charge in [-0.2, -0.15) is 149 Å². The molecule has 40 heteroatoms. The SMILES string of the molecule is O=C1OC(=O)c2ccc3c4c(C(F)(F)C(F)(F)C(F)(F)C(F)(F)C(F)(F)C(F)(F)C(F)(F)C(F)(F)F)cc5c6c(cc(C(F)(F)C(F)(F)C(F)(F)C(F)(F)C(F)(F)C(F)(F)C(F)(F)C(F)(F)F)c(c7ccc1c2c73)c64)C(=O)OC5=O. The number of cyclic esters (lactones) is 4. The van der Waals surface area contributed by atoms with Gasteiger partial charge in [-0.1, -0.05) is 12.1 Å². The van der Waals surface area contributed by atoms with Crippen LogP contribution in [0.15, 0.2) is 36.4 Å². The predicted octanol–water partition coefficient (Wildman–Crippen LogP) is 15.3. The van der Waals surface area contributed by atoms with E-state index in [1.807, 2.05) is 0 Å². The topological polar surface area (TPSA) is 86.7 Å². The third-order valence-electron chi connectivity index (χ3n) is 12.5. The summed E-state index contributed by atoms with van der Waals surface area (Å²) in [5, 5.41) is -17.6. The number of hydrogen-bond acceptors (Lipinski definition) is 6. The van der Waals surface area contributed by atoms with Crippen molar-refractivity contribution in [2.24, 2.45) is 0 Å². The highest BCUT2D eigenvalue weighted by Crippen LogP contribution is 2.69. The first-order valence-corrected chi connectivity index (χ1v) is 19.5. The third kappa shape index (κ3) is 6.70. The minimum atomic E-state index is -9.46. The summed E-state index contributed by atoms with van der Waals surface area (Å²) in [5.41, 5.74) is -15.1. The zero-order valence-corrected chi connectivity index (χ0v) is 35.8. The summed E-state index contributed by atoms with van der Waals surface area (Å²) in [7, 11) is 0. The van der Waals surface area contributed by atoms with Gasteiger partial charge < -0.3 is 9.47 Å². The first-order chi connectivity index (χ1) is 35.3. The largest absolute Gasteiger partial charge is 0.460 e. The summed E-state index contributed by atoms with van der Waals surface area (Å²) in [6.07, 6.45) is -16.5. The highest BCUT2D eigenvalue weighted by atomic mass is 19.4. The van der Waals surface area contributed by atoms with Gasteiger partial charge in [-0.3, -0.25) is 0 Å². The average molecular weight is 1230 g/mol. The normalized spacial score (nSPS) is 16.9. The first-order valence-electron chi connectivity index (χ1n) is 19.5. The van der Waals surface area contributed by atoms with Crippen LogP contribution in [-0.4, -0.2) is 107 Å². The number of benzene rings is 5. The van der Waals surface area contributed by atoms with Crippen molar-refractivity contribution in [1.29, 1.82) is 0 Å². The number of rotatable bonds is 14. The van der Waals surface area contributed by atoms with E-state index < -0.39 is 208 Å². The molecule has 6 nitrogen and oxygen atoms in total. The van der Waals surface area contributed by atoms with Gasteiger partial charge in [-0.05, 0) is 40.4 Å². The number of carbonyl (C=O) groups excluding carboxylic acids is 4. The van der Waals surface area contributed by atoms with Gasteiger partial charge in [-0.15, -0.1) is 0 Å². The molecule has 0 fully saturated rings. The molecular weight excluding hydrogens is 1220 g/mol. The minimum absolute atomic E-state index is 0.0520. The number of ether oxygens (including phenoxy) is 2. The number of carbonyl (C=O) groups is 4. The number of hydrogen-bond donors (Lipinski definition) is 0. The maximum atomic E-state index is 16.8. The maximum Gasteiger partial charge on any atom is 0.460 e. The molecular formula is C40H6F34O6. The summed E-state index contributed by atoms with van der Waals surface area (Å²) < 4.78 is 505. The fourth-order valence-electron chi connectivity index (χ4n) is 8.32. The summed E-state index contributed by atoms with van der Waals surface area (Å²) in [6.45, 7) is 0. The van der Waals surface area contributed by atoms with Gasteiger partial charge in [0.15, 0.2) is 0 Å². The van der Waals surface area contributed by atoms with Crippen LogP contribution in [0.1, 0.15) is 52.6 Å². The van der Waals surface area contributed by atoms with Gasteiger partial charge >= 0.3 is 119 Å². The molecule has 440 valence electrons. The van der Waals surface area contributed by atoms with E-state index in [2.05, 4.69) is 9.47 Å². The summed E-state index contributed by atoms with van der Waals surface area (Å²) in [6, 6.07) is -2.67. The van der Waals surface area contributed by atoms with Crippen molar-refractivity contribution in [2.75, 3.05) is 0 Å². The quantitative estimate of drug-likeness (QED) is 0.0362. The zero-order valence-electron chi connectivity index (χ0n) is 35.8. The van der Waals surface area contributed by atoms with Crippen LogP contribution in [0.5, 0.6) is 0 Å². The third-order valence-corrected chi connectivity index (χ3v) is 12.5. The highest BCUT2D eigenvalue weighted by molar-refractivity contribution is 6.41. The van der Waals surface area contributed by atoms with Gasteiger partial charge in [0.25, 0.3) is 0 Å². The predicted molar refractivity (Wildman–Crippen MR) is 186 cm³/mol. The monoisotopic (exact) mass is 1230 g/mol. The molecule has 0 unspecified atom stereocenters. The van der Waals surface area contributed by atoms with E-state index in [1.54, 1.807) is 0 Å².